The van der Waals surface area contributed by atoms with Crippen LogP contribution in [-0.4, -0.2) is 26.6 Å². The summed E-state index contributed by atoms with van der Waals surface area (Å²) in [6, 6.07) is 3.05. The van der Waals surface area contributed by atoms with Gasteiger partial charge in [-0.2, -0.15) is 23.3 Å². The van der Waals surface area contributed by atoms with Crippen LogP contribution in [0.3, 0.4) is 0 Å². The smallest absolute Gasteiger partial charge is 0.326 e. The summed E-state index contributed by atoms with van der Waals surface area (Å²) in [4.78, 5) is 27.8. The molecular weight excluding hydrogens is 363 g/mol. The topological polar surface area (TPSA) is 88.9 Å². The van der Waals surface area contributed by atoms with Crippen molar-refractivity contribution in [3.8, 4) is 0 Å². The molecule has 0 saturated heterocycles. The molecule has 25 heavy (non-hydrogen) atoms. The van der Waals surface area contributed by atoms with Crippen LogP contribution in [0, 0.1) is 5.92 Å². The summed E-state index contributed by atoms with van der Waals surface area (Å²) < 4.78 is 39.9. The van der Waals surface area contributed by atoms with Gasteiger partial charge >= 0.3 is 6.18 Å². The van der Waals surface area contributed by atoms with Crippen LogP contribution in [0.4, 0.5) is 24.8 Å². The summed E-state index contributed by atoms with van der Waals surface area (Å²) in [5.74, 6) is -1.42. The van der Waals surface area contributed by atoms with Gasteiger partial charge in [0.05, 0.1) is 23.0 Å². The Hall–Kier alpha value is -2.62. The van der Waals surface area contributed by atoms with E-state index in [2.05, 4.69) is 20.7 Å². The predicted octanol–water partition coefficient (Wildman–Crippen LogP) is 2.55. The minimum Gasteiger partial charge on any atom is -0.326 e. The summed E-state index contributed by atoms with van der Waals surface area (Å²) in [6.45, 7) is 0.156. The highest BCUT2D eigenvalue weighted by molar-refractivity contribution is 6.31. The van der Waals surface area contributed by atoms with Gasteiger partial charge in [0, 0.05) is 12.1 Å². The van der Waals surface area contributed by atoms with E-state index in [9.17, 15) is 22.8 Å². The lowest BCUT2D eigenvalue weighted by Gasteiger charge is -2.21. The zero-order valence-electron chi connectivity index (χ0n) is 12.5. The second-order valence-corrected chi connectivity index (χ2v) is 5.80. The molecule has 1 aromatic heterocycles. The standard InChI is InChI=1S/C14H11ClF3N5O2/c15-10-2-1-8(4-9(10)14(16,17)18)21-11(24)3-7-5-23-13(19-6-20-23)22-12(7)25/h1-2,4,6-7H,3,5H2,(H,21,24)(H,19,20,22,25)/t7-/m1/s1. The number of anilines is 2. The molecule has 7 nitrogen and oxygen atoms in total. The second-order valence-electron chi connectivity index (χ2n) is 5.40. The van der Waals surface area contributed by atoms with Crippen molar-refractivity contribution in [2.24, 2.45) is 5.92 Å². The third-order valence-corrected chi connectivity index (χ3v) is 3.93. The lowest BCUT2D eigenvalue weighted by Crippen LogP contribution is -2.36. The monoisotopic (exact) mass is 373 g/mol. The first-order valence-corrected chi connectivity index (χ1v) is 7.47. The summed E-state index contributed by atoms with van der Waals surface area (Å²) in [6.07, 6.45) is -3.58. The number of hydrogen-bond acceptors (Lipinski definition) is 4. The van der Waals surface area contributed by atoms with E-state index in [0.717, 1.165) is 12.1 Å². The second kappa shape index (κ2) is 6.36. The fourth-order valence-corrected chi connectivity index (χ4v) is 2.64. The number of halogens is 4. The number of nitrogens with zero attached hydrogens (tertiary/aromatic N) is 3. The number of nitrogens with one attached hydrogen (secondary N) is 2. The van der Waals surface area contributed by atoms with Crippen LogP contribution in [-0.2, 0) is 22.3 Å². The molecule has 2 amide bonds. The fourth-order valence-electron chi connectivity index (χ4n) is 2.41. The lowest BCUT2D eigenvalue weighted by atomic mass is 10.0. The van der Waals surface area contributed by atoms with E-state index in [1.807, 2.05) is 0 Å². The molecule has 3 rings (SSSR count). The van der Waals surface area contributed by atoms with E-state index < -0.39 is 34.5 Å². The van der Waals surface area contributed by atoms with Gasteiger partial charge in [0.15, 0.2) is 0 Å². The Balaban J connectivity index is 1.68. The number of benzene rings is 1. The summed E-state index contributed by atoms with van der Waals surface area (Å²) in [7, 11) is 0. The Bertz CT molecular complexity index is 836. The van der Waals surface area contributed by atoms with E-state index in [4.69, 9.17) is 11.6 Å². The molecule has 0 radical (unpaired) electrons. The third kappa shape index (κ3) is 3.73. The van der Waals surface area contributed by atoms with Gasteiger partial charge < -0.3 is 5.32 Å². The molecular formula is C14H11ClF3N5O2. The van der Waals surface area contributed by atoms with Gasteiger partial charge in [-0.25, -0.2) is 4.68 Å². The molecule has 1 aliphatic heterocycles. The number of carbonyl (C=O) groups excluding carboxylic acids is 2. The van der Waals surface area contributed by atoms with Crippen molar-refractivity contribution in [1.29, 1.82) is 0 Å². The Morgan fingerprint density at radius 2 is 2.20 bits per heavy atom. The van der Waals surface area contributed by atoms with E-state index in [1.54, 1.807) is 0 Å². The first-order valence-electron chi connectivity index (χ1n) is 7.09. The number of fused-ring (bicyclic) bond motifs is 1. The molecule has 0 saturated carbocycles. The van der Waals surface area contributed by atoms with Crippen molar-refractivity contribution in [1.82, 2.24) is 14.8 Å². The Labute approximate surface area is 144 Å². The third-order valence-electron chi connectivity index (χ3n) is 3.60. The molecule has 0 bridgehead atoms. The first-order chi connectivity index (χ1) is 11.7. The van der Waals surface area contributed by atoms with Gasteiger partial charge in [0.25, 0.3) is 0 Å². The highest BCUT2D eigenvalue weighted by atomic mass is 35.5. The van der Waals surface area contributed by atoms with Crippen molar-refractivity contribution in [3.63, 3.8) is 0 Å². The number of amides is 2. The SMILES string of the molecule is O=C(C[C@@H]1Cn2ncnc2NC1=O)Nc1ccc(Cl)c(C(F)(F)F)c1. The van der Waals surface area contributed by atoms with E-state index in [-0.39, 0.29) is 24.6 Å². The molecule has 0 unspecified atom stereocenters. The molecule has 2 aromatic rings. The van der Waals surface area contributed by atoms with Gasteiger partial charge in [-0.15, -0.1) is 0 Å². The maximum absolute atomic E-state index is 12.8. The number of aromatic nitrogens is 3. The Morgan fingerprint density at radius 1 is 1.44 bits per heavy atom. The summed E-state index contributed by atoms with van der Waals surface area (Å²) in [5.41, 5.74) is -1.10. The molecule has 0 fully saturated rings. The number of carbonyl (C=O) groups is 2. The zero-order valence-corrected chi connectivity index (χ0v) is 13.2. The van der Waals surface area contributed by atoms with Crippen LogP contribution in [0.5, 0.6) is 0 Å². The van der Waals surface area contributed by atoms with E-state index >= 15 is 0 Å². The van der Waals surface area contributed by atoms with Crippen LogP contribution in [0.15, 0.2) is 24.5 Å². The molecule has 1 aliphatic rings. The zero-order chi connectivity index (χ0) is 18.2. The van der Waals surface area contributed by atoms with Gasteiger partial charge in [0.1, 0.15) is 6.33 Å². The number of hydrogen-bond donors (Lipinski definition) is 2. The van der Waals surface area contributed by atoms with Gasteiger partial charge in [-0.1, -0.05) is 11.6 Å². The van der Waals surface area contributed by atoms with Crippen LogP contribution in [0.25, 0.3) is 0 Å². The van der Waals surface area contributed by atoms with Crippen molar-refractivity contribution in [2.75, 3.05) is 10.6 Å². The van der Waals surface area contributed by atoms with Gasteiger partial charge in [-0.05, 0) is 18.2 Å². The maximum atomic E-state index is 12.8. The normalized spacial score (nSPS) is 17.0. The minimum absolute atomic E-state index is 0.0561. The highest BCUT2D eigenvalue weighted by Crippen LogP contribution is 2.36. The lowest BCUT2D eigenvalue weighted by molar-refractivity contribution is -0.137. The van der Waals surface area contributed by atoms with Crippen LogP contribution in [0.2, 0.25) is 5.02 Å². The van der Waals surface area contributed by atoms with Crippen molar-refractivity contribution >= 4 is 35.1 Å². The Morgan fingerprint density at radius 3 is 2.92 bits per heavy atom. The highest BCUT2D eigenvalue weighted by Gasteiger charge is 2.34. The molecule has 1 atom stereocenters. The molecule has 2 N–H and O–H groups in total. The molecule has 1 aromatic carbocycles. The molecule has 0 spiro atoms. The van der Waals surface area contributed by atoms with E-state index in [1.165, 1.54) is 17.1 Å². The summed E-state index contributed by atoms with van der Waals surface area (Å²) >= 11 is 5.53. The van der Waals surface area contributed by atoms with Crippen molar-refractivity contribution < 1.29 is 22.8 Å². The number of alkyl halides is 3. The first kappa shape index (κ1) is 17.2. The van der Waals surface area contributed by atoms with Crippen molar-refractivity contribution in [3.05, 3.63) is 35.1 Å². The van der Waals surface area contributed by atoms with Crippen LogP contribution < -0.4 is 10.6 Å². The predicted molar refractivity (Wildman–Crippen MR) is 81.8 cm³/mol. The Kier molecular flexibility index (Phi) is 4.38. The quantitative estimate of drug-likeness (QED) is 0.865. The van der Waals surface area contributed by atoms with Gasteiger partial charge in [-0.3, -0.25) is 14.9 Å². The molecule has 0 aliphatic carbocycles. The average molecular weight is 374 g/mol. The summed E-state index contributed by atoms with van der Waals surface area (Å²) in [5, 5.41) is 8.28. The molecule has 11 heteroatoms. The van der Waals surface area contributed by atoms with Crippen LogP contribution >= 0.6 is 11.6 Å². The largest absolute Gasteiger partial charge is 0.417 e. The van der Waals surface area contributed by atoms with Crippen LogP contribution in [0.1, 0.15) is 12.0 Å². The fraction of sp³-hybridized carbons (Fsp3) is 0.286. The maximum Gasteiger partial charge on any atom is 0.417 e. The number of rotatable bonds is 3. The minimum atomic E-state index is -4.63. The molecule has 132 valence electrons. The van der Waals surface area contributed by atoms with Gasteiger partial charge in [0.2, 0.25) is 17.8 Å². The van der Waals surface area contributed by atoms with E-state index in [0.29, 0.717) is 0 Å². The molecule has 2 heterocycles. The van der Waals surface area contributed by atoms with Crippen molar-refractivity contribution in [2.45, 2.75) is 19.1 Å². The average Bonchev–Trinajstić information content (AvgIpc) is 2.95.